The Morgan fingerprint density at radius 2 is 2.40 bits per heavy atom. The maximum atomic E-state index is 11.1. The van der Waals surface area contributed by atoms with Crippen molar-refractivity contribution in [1.82, 2.24) is 10.2 Å². The Morgan fingerprint density at radius 1 is 1.80 bits per heavy atom. The highest BCUT2D eigenvalue weighted by Gasteiger charge is 2.25. The number of carboxylic acids is 1. The Labute approximate surface area is 86.2 Å². The number of rotatable bonds is 3. The first-order chi connectivity index (χ1) is 6.91. The molecule has 0 spiro atoms. The lowest BCUT2D eigenvalue weighted by atomic mass is 10.2. The normalized spacial score (nSPS) is 23.1. The second-order valence-corrected chi connectivity index (χ2v) is 3.30. The van der Waals surface area contributed by atoms with E-state index < -0.39 is 18.4 Å². The van der Waals surface area contributed by atoms with Gasteiger partial charge >= 0.3 is 5.97 Å². The van der Waals surface area contributed by atoms with Gasteiger partial charge in [-0.1, -0.05) is 0 Å². The van der Waals surface area contributed by atoms with Crippen LogP contribution in [0.15, 0.2) is 11.8 Å². The zero-order valence-corrected chi connectivity index (χ0v) is 8.17. The molecule has 0 aromatic heterocycles. The molecule has 0 radical (unpaired) electrons. The van der Waals surface area contributed by atoms with Gasteiger partial charge in [-0.3, -0.25) is 9.59 Å². The lowest BCUT2D eigenvalue weighted by Gasteiger charge is -2.32. The molecule has 2 atom stereocenters. The van der Waals surface area contributed by atoms with Crippen LogP contribution >= 0.6 is 0 Å². The van der Waals surface area contributed by atoms with Crippen molar-refractivity contribution in [2.45, 2.75) is 19.3 Å². The van der Waals surface area contributed by atoms with Gasteiger partial charge < -0.3 is 26.2 Å². The third-order valence-corrected chi connectivity index (χ3v) is 2.02. The smallest absolute Gasteiger partial charge is 0.322 e. The molecule has 1 amide bonds. The Hall–Kier alpha value is -1.60. The predicted octanol–water partition coefficient (Wildman–Crippen LogP) is -1.99. The van der Waals surface area contributed by atoms with E-state index in [0.717, 1.165) is 0 Å². The molecule has 1 aliphatic heterocycles. The summed E-state index contributed by atoms with van der Waals surface area (Å²) in [6.45, 7) is 1.48. The summed E-state index contributed by atoms with van der Waals surface area (Å²) in [5, 5.41) is 20.2. The molecule has 0 fully saturated rings. The number of carbonyl (C=O) groups is 2. The molecular formula is C8H13N3O4. The zero-order chi connectivity index (χ0) is 11.6. The summed E-state index contributed by atoms with van der Waals surface area (Å²) in [5.41, 5.74) is 5.68. The number of carbonyl (C=O) groups excluding carboxylic acids is 1. The van der Waals surface area contributed by atoms with E-state index in [4.69, 9.17) is 10.8 Å². The van der Waals surface area contributed by atoms with Gasteiger partial charge in [-0.05, 0) is 6.92 Å². The first-order valence-corrected chi connectivity index (χ1v) is 4.33. The van der Waals surface area contributed by atoms with Gasteiger partial charge in [0.1, 0.15) is 6.04 Å². The van der Waals surface area contributed by atoms with E-state index in [1.807, 2.05) is 0 Å². The second kappa shape index (κ2) is 4.28. The third kappa shape index (κ3) is 2.67. The first kappa shape index (κ1) is 11.5. The van der Waals surface area contributed by atoms with E-state index in [-0.39, 0.29) is 12.5 Å². The second-order valence-electron chi connectivity index (χ2n) is 3.30. The maximum absolute atomic E-state index is 11.1. The van der Waals surface area contributed by atoms with Gasteiger partial charge in [0.15, 0.2) is 0 Å². The van der Waals surface area contributed by atoms with Crippen LogP contribution in [-0.2, 0) is 9.59 Å². The summed E-state index contributed by atoms with van der Waals surface area (Å²) in [4.78, 5) is 22.8. The van der Waals surface area contributed by atoms with Crippen LogP contribution in [-0.4, -0.2) is 45.9 Å². The highest BCUT2D eigenvalue weighted by molar-refractivity contribution is 5.93. The molecule has 7 heteroatoms. The Balaban J connectivity index is 2.70. The van der Waals surface area contributed by atoms with Crippen LogP contribution in [0, 0.1) is 0 Å². The van der Waals surface area contributed by atoms with Gasteiger partial charge in [0.25, 0.3) is 5.91 Å². The number of hydrogen-bond donors (Lipinski definition) is 4. The molecule has 7 nitrogen and oxygen atoms in total. The number of aliphatic hydroxyl groups excluding tert-OH is 1. The SMILES string of the molecule is CC1=CN(C[C@H](N)C(=O)O)C(O)NC1=O. The maximum Gasteiger partial charge on any atom is 0.322 e. The summed E-state index contributed by atoms with van der Waals surface area (Å²) in [7, 11) is 0. The Kier molecular flexibility index (Phi) is 3.28. The number of aliphatic hydroxyl groups is 1. The van der Waals surface area contributed by atoms with Crippen LogP contribution in [0.2, 0.25) is 0 Å². The van der Waals surface area contributed by atoms with E-state index in [2.05, 4.69) is 5.32 Å². The molecule has 1 unspecified atom stereocenters. The number of amides is 1. The van der Waals surface area contributed by atoms with Crippen LogP contribution in [0.25, 0.3) is 0 Å². The number of hydrogen-bond acceptors (Lipinski definition) is 5. The first-order valence-electron chi connectivity index (χ1n) is 4.33. The van der Waals surface area contributed by atoms with Gasteiger partial charge in [0.2, 0.25) is 6.35 Å². The van der Waals surface area contributed by atoms with Crippen molar-refractivity contribution in [3.05, 3.63) is 11.8 Å². The molecule has 0 saturated heterocycles. The molecule has 1 rings (SSSR count). The van der Waals surface area contributed by atoms with Crippen molar-refractivity contribution in [1.29, 1.82) is 0 Å². The molecule has 15 heavy (non-hydrogen) atoms. The largest absolute Gasteiger partial charge is 0.480 e. The highest BCUT2D eigenvalue weighted by Crippen LogP contribution is 2.07. The summed E-state index contributed by atoms with van der Waals surface area (Å²) >= 11 is 0. The van der Waals surface area contributed by atoms with Crippen molar-refractivity contribution in [3.63, 3.8) is 0 Å². The van der Waals surface area contributed by atoms with Crippen molar-refractivity contribution in [2.75, 3.05) is 6.54 Å². The molecule has 0 aromatic rings. The summed E-state index contributed by atoms with van der Waals surface area (Å²) in [5.74, 6) is -1.55. The highest BCUT2D eigenvalue weighted by atomic mass is 16.4. The molecule has 1 heterocycles. The topological polar surface area (TPSA) is 116 Å². The van der Waals surface area contributed by atoms with Crippen LogP contribution in [0.1, 0.15) is 6.92 Å². The van der Waals surface area contributed by atoms with Crippen molar-refractivity contribution >= 4 is 11.9 Å². The standard InChI is InChI=1S/C8H13N3O4/c1-4-2-11(3-5(9)7(13)14)8(15)10-6(4)12/h2,5,8,15H,3,9H2,1H3,(H,10,12)(H,13,14)/t5-,8?/m0/s1. The predicted molar refractivity (Wildman–Crippen MR) is 50.2 cm³/mol. The average molecular weight is 215 g/mol. The van der Waals surface area contributed by atoms with Gasteiger partial charge in [0, 0.05) is 18.3 Å². The molecule has 5 N–H and O–H groups in total. The number of nitrogens with two attached hydrogens (primary N) is 1. The van der Waals surface area contributed by atoms with Crippen LogP contribution in [0.5, 0.6) is 0 Å². The van der Waals surface area contributed by atoms with Crippen molar-refractivity contribution in [3.8, 4) is 0 Å². The van der Waals surface area contributed by atoms with E-state index in [0.29, 0.717) is 5.57 Å². The minimum atomic E-state index is -1.23. The number of aliphatic carboxylic acids is 1. The summed E-state index contributed by atoms with van der Waals surface area (Å²) in [6.07, 6.45) is 0.151. The quantitative estimate of drug-likeness (QED) is 0.433. The minimum absolute atomic E-state index is 0.0753. The van der Waals surface area contributed by atoms with Gasteiger partial charge in [-0.25, -0.2) is 0 Å². The number of nitrogens with zero attached hydrogens (tertiary/aromatic N) is 1. The average Bonchev–Trinajstić information content (AvgIpc) is 2.13. The molecule has 0 aliphatic carbocycles. The van der Waals surface area contributed by atoms with Crippen LogP contribution < -0.4 is 11.1 Å². The lowest BCUT2D eigenvalue weighted by Crippen LogP contribution is -2.54. The monoisotopic (exact) mass is 215 g/mol. The third-order valence-electron chi connectivity index (χ3n) is 2.02. The fourth-order valence-corrected chi connectivity index (χ4v) is 1.15. The summed E-state index contributed by atoms with van der Waals surface area (Å²) in [6, 6.07) is -1.11. The van der Waals surface area contributed by atoms with E-state index in [1.54, 1.807) is 6.92 Å². The zero-order valence-electron chi connectivity index (χ0n) is 8.17. The van der Waals surface area contributed by atoms with Crippen molar-refractivity contribution < 1.29 is 19.8 Å². The Morgan fingerprint density at radius 3 is 2.93 bits per heavy atom. The molecular weight excluding hydrogens is 202 g/mol. The minimum Gasteiger partial charge on any atom is -0.480 e. The van der Waals surface area contributed by atoms with E-state index in [1.165, 1.54) is 11.1 Å². The van der Waals surface area contributed by atoms with E-state index >= 15 is 0 Å². The lowest BCUT2D eigenvalue weighted by molar-refractivity contribution is -0.139. The fourth-order valence-electron chi connectivity index (χ4n) is 1.15. The molecule has 0 bridgehead atoms. The molecule has 0 aromatic carbocycles. The Bertz CT molecular complexity index is 315. The van der Waals surface area contributed by atoms with Crippen LogP contribution in [0.3, 0.4) is 0 Å². The van der Waals surface area contributed by atoms with E-state index in [9.17, 15) is 14.7 Å². The number of carboxylic acid groups (broad SMARTS) is 1. The summed E-state index contributed by atoms with van der Waals surface area (Å²) < 4.78 is 0. The van der Waals surface area contributed by atoms with Gasteiger partial charge in [0.05, 0.1) is 0 Å². The fraction of sp³-hybridized carbons (Fsp3) is 0.500. The molecule has 1 aliphatic rings. The van der Waals surface area contributed by atoms with Gasteiger partial charge in [-0.2, -0.15) is 0 Å². The van der Waals surface area contributed by atoms with Gasteiger partial charge in [-0.15, -0.1) is 0 Å². The number of nitrogens with one attached hydrogen (secondary N) is 1. The molecule has 0 saturated carbocycles. The van der Waals surface area contributed by atoms with Crippen molar-refractivity contribution in [2.24, 2.45) is 5.73 Å². The molecule has 84 valence electrons. The van der Waals surface area contributed by atoms with Crippen LogP contribution in [0.4, 0.5) is 0 Å².